The molecule has 2 aromatic rings. The Balaban J connectivity index is 1.94. The molecular formula is C17H22N4. The third-order valence-corrected chi connectivity index (χ3v) is 4.11. The van der Waals surface area contributed by atoms with Crippen molar-refractivity contribution in [3.8, 4) is 0 Å². The van der Waals surface area contributed by atoms with Crippen LogP contribution in [0.15, 0.2) is 24.3 Å². The zero-order chi connectivity index (χ0) is 14.8. The standard InChI is InChI=1S/C17H22N4/c1-3-6-15-19-16(18)12(2)17(20-15)21-10-9-13-7-4-5-8-14(13)11-21/h4-5,7-8H,3,6,9-11H2,1-2H3,(H2,18,19,20). The molecule has 0 radical (unpaired) electrons. The number of aryl methyl sites for hydroxylation is 1. The first kappa shape index (κ1) is 13.9. The van der Waals surface area contributed by atoms with Crippen LogP contribution in [-0.4, -0.2) is 16.5 Å². The van der Waals surface area contributed by atoms with E-state index in [0.717, 1.165) is 49.6 Å². The molecule has 21 heavy (non-hydrogen) atoms. The summed E-state index contributed by atoms with van der Waals surface area (Å²) in [4.78, 5) is 11.5. The van der Waals surface area contributed by atoms with Crippen molar-refractivity contribution in [3.05, 3.63) is 46.8 Å². The number of fused-ring (bicyclic) bond motifs is 1. The van der Waals surface area contributed by atoms with E-state index in [0.29, 0.717) is 5.82 Å². The molecule has 0 amide bonds. The Morgan fingerprint density at radius 3 is 2.71 bits per heavy atom. The molecule has 1 aromatic heterocycles. The third-order valence-electron chi connectivity index (χ3n) is 4.11. The fraction of sp³-hybridized carbons (Fsp3) is 0.412. The molecule has 0 saturated carbocycles. The summed E-state index contributed by atoms with van der Waals surface area (Å²) in [6.45, 7) is 6.04. The Morgan fingerprint density at radius 1 is 1.19 bits per heavy atom. The van der Waals surface area contributed by atoms with E-state index in [1.807, 2.05) is 6.92 Å². The highest BCUT2D eigenvalue weighted by Gasteiger charge is 2.20. The summed E-state index contributed by atoms with van der Waals surface area (Å²) in [5.41, 5.74) is 9.90. The van der Waals surface area contributed by atoms with Crippen LogP contribution in [-0.2, 0) is 19.4 Å². The maximum Gasteiger partial charge on any atom is 0.137 e. The van der Waals surface area contributed by atoms with E-state index >= 15 is 0 Å². The topological polar surface area (TPSA) is 55.0 Å². The fourth-order valence-electron chi connectivity index (χ4n) is 2.89. The lowest BCUT2D eigenvalue weighted by Gasteiger charge is -2.31. The molecular weight excluding hydrogens is 260 g/mol. The number of rotatable bonds is 3. The Kier molecular flexibility index (Phi) is 3.78. The van der Waals surface area contributed by atoms with Crippen LogP contribution in [0.4, 0.5) is 11.6 Å². The van der Waals surface area contributed by atoms with Crippen LogP contribution >= 0.6 is 0 Å². The summed E-state index contributed by atoms with van der Waals surface area (Å²) in [5, 5.41) is 0. The van der Waals surface area contributed by atoms with E-state index < -0.39 is 0 Å². The minimum atomic E-state index is 0.613. The number of nitrogens with zero attached hydrogens (tertiary/aromatic N) is 3. The second-order valence-electron chi connectivity index (χ2n) is 5.66. The third kappa shape index (κ3) is 2.71. The minimum absolute atomic E-state index is 0.613. The molecule has 3 rings (SSSR count). The van der Waals surface area contributed by atoms with Crippen molar-refractivity contribution in [2.24, 2.45) is 0 Å². The van der Waals surface area contributed by atoms with Gasteiger partial charge in [0.1, 0.15) is 17.5 Å². The molecule has 110 valence electrons. The minimum Gasteiger partial charge on any atom is -0.383 e. The average molecular weight is 282 g/mol. The largest absolute Gasteiger partial charge is 0.383 e. The highest BCUT2D eigenvalue weighted by molar-refractivity contribution is 5.57. The number of nitrogens with two attached hydrogens (primary N) is 1. The zero-order valence-corrected chi connectivity index (χ0v) is 12.8. The van der Waals surface area contributed by atoms with E-state index in [1.54, 1.807) is 0 Å². The Bertz CT molecular complexity index is 651. The van der Waals surface area contributed by atoms with Gasteiger partial charge in [0.2, 0.25) is 0 Å². The van der Waals surface area contributed by atoms with E-state index in [-0.39, 0.29) is 0 Å². The normalized spacial score (nSPS) is 14.1. The van der Waals surface area contributed by atoms with Gasteiger partial charge in [-0.05, 0) is 30.9 Å². The number of anilines is 2. The van der Waals surface area contributed by atoms with Gasteiger partial charge in [-0.1, -0.05) is 31.2 Å². The Labute approximate surface area is 126 Å². The molecule has 0 atom stereocenters. The van der Waals surface area contributed by atoms with Gasteiger partial charge < -0.3 is 10.6 Å². The van der Waals surface area contributed by atoms with Gasteiger partial charge in [-0.25, -0.2) is 9.97 Å². The molecule has 0 bridgehead atoms. The summed E-state index contributed by atoms with van der Waals surface area (Å²) in [6.07, 6.45) is 2.97. The lowest BCUT2D eigenvalue weighted by molar-refractivity contribution is 0.708. The van der Waals surface area contributed by atoms with Crippen molar-refractivity contribution >= 4 is 11.6 Å². The molecule has 1 aliphatic heterocycles. The molecule has 4 nitrogen and oxygen atoms in total. The van der Waals surface area contributed by atoms with Gasteiger partial charge in [-0.2, -0.15) is 0 Å². The van der Waals surface area contributed by atoms with Gasteiger partial charge in [0.25, 0.3) is 0 Å². The number of hydrogen-bond donors (Lipinski definition) is 1. The first-order valence-electron chi connectivity index (χ1n) is 7.63. The van der Waals surface area contributed by atoms with Gasteiger partial charge >= 0.3 is 0 Å². The summed E-state index contributed by atoms with van der Waals surface area (Å²) in [7, 11) is 0. The number of nitrogen functional groups attached to an aromatic ring is 1. The first-order valence-corrected chi connectivity index (χ1v) is 7.63. The van der Waals surface area contributed by atoms with Crippen molar-refractivity contribution in [3.63, 3.8) is 0 Å². The number of aromatic nitrogens is 2. The van der Waals surface area contributed by atoms with Crippen LogP contribution in [0.25, 0.3) is 0 Å². The highest BCUT2D eigenvalue weighted by Crippen LogP contribution is 2.27. The van der Waals surface area contributed by atoms with E-state index in [1.165, 1.54) is 11.1 Å². The molecule has 0 fully saturated rings. The van der Waals surface area contributed by atoms with Gasteiger partial charge in [-0.15, -0.1) is 0 Å². The van der Waals surface area contributed by atoms with Gasteiger partial charge in [0.15, 0.2) is 0 Å². The maximum absolute atomic E-state index is 6.08. The van der Waals surface area contributed by atoms with Crippen molar-refractivity contribution in [2.45, 2.75) is 39.7 Å². The van der Waals surface area contributed by atoms with Crippen molar-refractivity contribution < 1.29 is 0 Å². The molecule has 0 saturated heterocycles. The molecule has 0 unspecified atom stereocenters. The van der Waals surface area contributed by atoms with Gasteiger partial charge in [0.05, 0.1) is 0 Å². The average Bonchev–Trinajstić information content (AvgIpc) is 2.50. The number of hydrogen-bond acceptors (Lipinski definition) is 4. The molecule has 0 spiro atoms. The van der Waals surface area contributed by atoms with E-state index in [9.17, 15) is 0 Å². The lowest BCUT2D eigenvalue weighted by Crippen LogP contribution is -2.32. The SMILES string of the molecule is CCCc1nc(N)c(C)c(N2CCc3ccccc3C2)n1. The van der Waals surface area contributed by atoms with Gasteiger partial charge in [-0.3, -0.25) is 0 Å². The van der Waals surface area contributed by atoms with Crippen LogP contribution in [0.1, 0.15) is 35.9 Å². The van der Waals surface area contributed by atoms with E-state index in [4.69, 9.17) is 10.7 Å². The van der Waals surface area contributed by atoms with Crippen molar-refractivity contribution in [1.29, 1.82) is 0 Å². The van der Waals surface area contributed by atoms with Crippen LogP contribution in [0.2, 0.25) is 0 Å². The molecule has 1 aromatic carbocycles. The zero-order valence-electron chi connectivity index (χ0n) is 12.8. The summed E-state index contributed by atoms with van der Waals surface area (Å²) >= 11 is 0. The summed E-state index contributed by atoms with van der Waals surface area (Å²) in [6, 6.07) is 8.64. The molecule has 1 aliphatic rings. The van der Waals surface area contributed by atoms with Crippen LogP contribution in [0, 0.1) is 6.92 Å². The molecule has 2 N–H and O–H groups in total. The first-order chi connectivity index (χ1) is 10.2. The highest BCUT2D eigenvalue weighted by atomic mass is 15.2. The summed E-state index contributed by atoms with van der Waals surface area (Å²) < 4.78 is 0. The molecule has 4 heteroatoms. The second-order valence-corrected chi connectivity index (χ2v) is 5.66. The number of benzene rings is 1. The van der Waals surface area contributed by atoms with E-state index in [2.05, 4.69) is 41.1 Å². The lowest BCUT2D eigenvalue weighted by atomic mass is 10.00. The van der Waals surface area contributed by atoms with Crippen LogP contribution < -0.4 is 10.6 Å². The van der Waals surface area contributed by atoms with Crippen molar-refractivity contribution in [1.82, 2.24) is 9.97 Å². The molecule has 2 heterocycles. The van der Waals surface area contributed by atoms with Gasteiger partial charge in [0, 0.05) is 25.1 Å². The maximum atomic E-state index is 6.08. The predicted octanol–water partition coefficient (Wildman–Crippen LogP) is 2.88. The monoisotopic (exact) mass is 282 g/mol. The fourth-order valence-corrected chi connectivity index (χ4v) is 2.89. The quantitative estimate of drug-likeness (QED) is 0.940. The molecule has 0 aliphatic carbocycles. The smallest absolute Gasteiger partial charge is 0.137 e. The predicted molar refractivity (Wildman–Crippen MR) is 86.4 cm³/mol. The Hall–Kier alpha value is -2.10. The van der Waals surface area contributed by atoms with Crippen LogP contribution in [0.5, 0.6) is 0 Å². The van der Waals surface area contributed by atoms with Crippen LogP contribution in [0.3, 0.4) is 0 Å². The Morgan fingerprint density at radius 2 is 1.95 bits per heavy atom. The van der Waals surface area contributed by atoms with Crippen molar-refractivity contribution in [2.75, 3.05) is 17.2 Å². The summed E-state index contributed by atoms with van der Waals surface area (Å²) in [5.74, 6) is 2.47. The second kappa shape index (κ2) is 5.72.